The zero-order valence-electron chi connectivity index (χ0n) is 6.89. The van der Waals surface area contributed by atoms with Crippen LogP contribution in [0.5, 0.6) is 0 Å². The van der Waals surface area contributed by atoms with Gasteiger partial charge >= 0.3 is 0 Å². The molecule has 0 N–H and O–H groups in total. The van der Waals surface area contributed by atoms with Crippen LogP contribution in [0.4, 0.5) is 0 Å². The summed E-state index contributed by atoms with van der Waals surface area (Å²) in [5.74, 6) is 0.423. The molecule has 0 aliphatic heterocycles. The molecule has 10 heavy (non-hydrogen) atoms. The van der Waals surface area contributed by atoms with Crippen molar-refractivity contribution in [3.63, 3.8) is 0 Å². The number of ketones is 1. The van der Waals surface area contributed by atoms with E-state index in [4.69, 9.17) is 0 Å². The standard InChI is InChI=1S/C9H16O/c1-4-7-8(5-2)9(10)6-3/h5,8H,2,4,6-7H2,1,3H3. The molecule has 58 valence electrons. The molecule has 1 nitrogen and oxygen atoms in total. The molecule has 0 saturated carbocycles. The molecule has 0 saturated heterocycles. The first-order valence-electron chi connectivity index (χ1n) is 3.91. The van der Waals surface area contributed by atoms with Gasteiger partial charge in [-0.3, -0.25) is 4.79 Å². The van der Waals surface area contributed by atoms with Crippen molar-refractivity contribution in [3.8, 4) is 0 Å². The minimum absolute atomic E-state index is 0.106. The highest BCUT2D eigenvalue weighted by atomic mass is 16.1. The van der Waals surface area contributed by atoms with Gasteiger partial charge in [0.25, 0.3) is 0 Å². The number of hydrogen-bond donors (Lipinski definition) is 0. The summed E-state index contributed by atoms with van der Waals surface area (Å²) >= 11 is 0. The Morgan fingerprint density at radius 3 is 2.50 bits per heavy atom. The van der Waals surface area contributed by atoms with Gasteiger partial charge in [-0.2, -0.15) is 0 Å². The van der Waals surface area contributed by atoms with Crippen LogP contribution in [-0.4, -0.2) is 5.78 Å². The second-order valence-electron chi connectivity index (χ2n) is 2.45. The number of carbonyl (C=O) groups is 1. The summed E-state index contributed by atoms with van der Waals surface area (Å²) in [5, 5.41) is 0. The van der Waals surface area contributed by atoms with E-state index in [9.17, 15) is 4.79 Å². The van der Waals surface area contributed by atoms with Gasteiger partial charge in [-0.05, 0) is 6.42 Å². The Kier molecular flexibility index (Phi) is 4.91. The SMILES string of the molecule is C=CC(CCC)C(=O)CC. The van der Waals surface area contributed by atoms with Gasteiger partial charge in [-0.1, -0.05) is 26.3 Å². The Morgan fingerprint density at radius 1 is 1.60 bits per heavy atom. The van der Waals surface area contributed by atoms with Crippen molar-refractivity contribution in [1.29, 1.82) is 0 Å². The Hall–Kier alpha value is -0.590. The molecule has 0 aliphatic rings. The van der Waals surface area contributed by atoms with Gasteiger partial charge in [0.1, 0.15) is 5.78 Å². The lowest BCUT2D eigenvalue weighted by atomic mass is 9.97. The van der Waals surface area contributed by atoms with Crippen molar-refractivity contribution in [2.24, 2.45) is 5.92 Å². The number of carbonyl (C=O) groups excluding carboxylic acids is 1. The van der Waals surface area contributed by atoms with E-state index in [1.165, 1.54) is 0 Å². The van der Waals surface area contributed by atoms with Crippen LogP contribution in [0.1, 0.15) is 33.1 Å². The maximum atomic E-state index is 11.1. The Balaban J connectivity index is 3.80. The van der Waals surface area contributed by atoms with E-state index in [2.05, 4.69) is 13.5 Å². The average molecular weight is 140 g/mol. The number of hydrogen-bond acceptors (Lipinski definition) is 1. The molecule has 0 fully saturated rings. The van der Waals surface area contributed by atoms with E-state index in [-0.39, 0.29) is 5.92 Å². The predicted octanol–water partition coefficient (Wildman–Crippen LogP) is 2.57. The van der Waals surface area contributed by atoms with Crippen molar-refractivity contribution in [2.75, 3.05) is 0 Å². The molecule has 0 amide bonds. The summed E-state index contributed by atoms with van der Waals surface area (Å²) in [6.07, 6.45) is 4.41. The fourth-order valence-electron chi connectivity index (χ4n) is 0.983. The molecule has 0 aromatic carbocycles. The lowest BCUT2D eigenvalue weighted by Crippen LogP contribution is -2.09. The molecule has 0 heterocycles. The van der Waals surface area contributed by atoms with E-state index < -0.39 is 0 Å². The van der Waals surface area contributed by atoms with Gasteiger partial charge < -0.3 is 0 Å². The highest BCUT2D eigenvalue weighted by molar-refractivity contribution is 5.82. The van der Waals surface area contributed by atoms with Gasteiger partial charge in [0.15, 0.2) is 0 Å². The third-order valence-electron chi connectivity index (χ3n) is 1.65. The molecule has 0 aromatic rings. The number of rotatable bonds is 5. The van der Waals surface area contributed by atoms with E-state index >= 15 is 0 Å². The monoisotopic (exact) mass is 140 g/mol. The van der Waals surface area contributed by atoms with E-state index in [1.54, 1.807) is 6.08 Å². The topological polar surface area (TPSA) is 17.1 Å². The fraction of sp³-hybridized carbons (Fsp3) is 0.667. The zero-order chi connectivity index (χ0) is 7.98. The van der Waals surface area contributed by atoms with Crippen LogP contribution in [0.25, 0.3) is 0 Å². The largest absolute Gasteiger partial charge is 0.299 e. The summed E-state index contributed by atoms with van der Waals surface area (Å²) in [5.41, 5.74) is 0. The van der Waals surface area contributed by atoms with Crippen LogP contribution in [0.3, 0.4) is 0 Å². The quantitative estimate of drug-likeness (QED) is 0.536. The lowest BCUT2D eigenvalue weighted by molar-refractivity contribution is -0.121. The first-order valence-corrected chi connectivity index (χ1v) is 3.91. The van der Waals surface area contributed by atoms with E-state index in [1.807, 2.05) is 6.92 Å². The van der Waals surface area contributed by atoms with E-state index in [0.717, 1.165) is 12.8 Å². The van der Waals surface area contributed by atoms with Gasteiger partial charge in [0.05, 0.1) is 0 Å². The minimum Gasteiger partial charge on any atom is -0.299 e. The van der Waals surface area contributed by atoms with Crippen LogP contribution in [-0.2, 0) is 4.79 Å². The molecule has 1 atom stereocenters. The summed E-state index contributed by atoms with van der Waals surface area (Å²) in [6.45, 7) is 7.61. The molecule has 1 unspecified atom stereocenters. The number of allylic oxidation sites excluding steroid dienone is 1. The van der Waals surface area contributed by atoms with Crippen LogP contribution >= 0.6 is 0 Å². The maximum absolute atomic E-state index is 11.1. The first kappa shape index (κ1) is 9.41. The highest BCUT2D eigenvalue weighted by Gasteiger charge is 2.09. The van der Waals surface area contributed by atoms with Crippen molar-refractivity contribution in [2.45, 2.75) is 33.1 Å². The van der Waals surface area contributed by atoms with Crippen LogP contribution in [0.15, 0.2) is 12.7 Å². The molecule has 0 aliphatic carbocycles. The van der Waals surface area contributed by atoms with Gasteiger partial charge in [-0.15, -0.1) is 6.58 Å². The Labute approximate surface area is 63.1 Å². The third-order valence-corrected chi connectivity index (χ3v) is 1.65. The Bertz CT molecular complexity index is 116. The summed E-state index contributed by atoms with van der Waals surface area (Å²) in [6, 6.07) is 0. The van der Waals surface area contributed by atoms with Crippen molar-refractivity contribution in [3.05, 3.63) is 12.7 Å². The zero-order valence-corrected chi connectivity index (χ0v) is 6.89. The molecule has 0 rings (SSSR count). The third kappa shape index (κ3) is 2.81. The molecule has 0 bridgehead atoms. The maximum Gasteiger partial charge on any atom is 0.139 e. The van der Waals surface area contributed by atoms with Crippen LogP contribution < -0.4 is 0 Å². The van der Waals surface area contributed by atoms with Crippen molar-refractivity contribution >= 4 is 5.78 Å². The molecule has 1 heteroatoms. The second-order valence-corrected chi connectivity index (χ2v) is 2.45. The summed E-state index contributed by atoms with van der Waals surface area (Å²) < 4.78 is 0. The summed E-state index contributed by atoms with van der Waals surface area (Å²) in [7, 11) is 0. The van der Waals surface area contributed by atoms with E-state index in [0.29, 0.717) is 12.2 Å². The lowest BCUT2D eigenvalue weighted by Gasteiger charge is -2.06. The number of Topliss-reactive ketones (excluding diaryl/α,β-unsaturated/α-hetero) is 1. The minimum atomic E-state index is 0.106. The molecule has 0 aromatic heterocycles. The van der Waals surface area contributed by atoms with Crippen LogP contribution in [0.2, 0.25) is 0 Å². The van der Waals surface area contributed by atoms with Gasteiger partial charge in [-0.25, -0.2) is 0 Å². The highest BCUT2D eigenvalue weighted by Crippen LogP contribution is 2.09. The van der Waals surface area contributed by atoms with Crippen molar-refractivity contribution in [1.82, 2.24) is 0 Å². The molecular weight excluding hydrogens is 124 g/mol. The van der Waals surface area contributed by atoms with Gasteiger partial charge in [0.2, 0.25) is 0 Å². The van der Waals surface area contributed by atoms with Crippen LogP contribution in [0, 0.1) is 5.92 Å². The predicted molar refractivity (Wildman–Crippen MR) is 43.9 cm³/mol. The second kappa shape index (κ2) is 5.21. The van der Waals surface area contributed by atoms with Crippen molar-refractivity contribution < 1.29 is 4.79 Å². The van der Waals surface area contributed by atoms with Gasteiger partial charge in [0, 0.05) is 12.3 Å². The average Bonchev–Trinajstić information content (AvgIpc) is 1.99. The smallest absolute Gasteiger partial charge is 0.139 e. The normalized spacial score (nSPS) is 12.6. The molecule has 0 spiro atoms. The summed E-state index contributed by atoms with van der Waals surface area (Å²) in [4.78, 5) is 11.1. The molecular formula is C9H16O. The molecule has 0 radical (unpaired) electrons. The Morgan fingerprint density at radius 2 is 2.20 bits per heavy atom. The first-order chi connectivity index (χ1) is 4.76. The fourth-order valence-corrected chi connectivity index (χ4v) is 0.983.